The maximum Gasteiger partial charge on any atom is 0.138 e. The van der Waals surface area contributed by atoms with Crippen LogP contribution in [0, 0.1) is 0 Å². The van der Waals surface area contributed by atoms with Crippen molar-refractivity contribution < 1.29 is 0 Å². The summed E-state index contributed by atoms with van der Waals surface area (Å²) in [7, 11) is 2.03. The minimum Gasteiger partial charge on any atom is -0.354 e. The van der Waals surface area contributed by atoms with Gasteiger partial charge in [0.1, 0.15) is 18.0 Å². The highest BCUT2D eigenvalue weighted by atomic mass is 15.2. The Hall–Kier alpha value is -2.14. The van der Waals surface area contributed by atoms with E-state index in [1.807, 2.05) is 25.2 Å². The molecule has 3 rings (SSSR count). The second kappa shape index (κ2) is 5.88. The van der Waals surface area contributed by atoms with E-state index in [-0.39, 0.29) is 0 Å². The van der Waals surface area contributed by atoms with Crippen molar-refractivity contribution in [2.45, 2.75) is 0 Å². The summed E-state index contributed by atoms with van der Waals surface area (Å²) in [6, 6.07) is 12.3. The number of nitrogens with zero attached hydrogens (tertiary/aromatic N) is 4. The molecule has 1 aromatic carbocycles. The third kappa shape index (κ3) is 2.72. The summed E-state index contributed by atoms with van der Waals surface area (Å²) in [5, 5.41) is 3.35. The van der Waals surface area contributed by atoms with Crippen molar-refractivity contribution in [2.24, 2.45) is 0 Å². The minimum absolute atomic E-state index is 0.916. The number of rotatable bonds is 3. The van der Waals surface area contributed by atoms with Crippen LogP contribution >= 0.6 is 0 Å². The first-order chi connectivity index (χ1) is 9.84. The van der Waals surface area contributed by atoms with Gasteiger partial charge in [-0.25, -0.2) is 9.97 Å². The first kappa shape index (κ1) is 12.9. The largest absolute Gasteiger partial charge is 0.354 e. The SMILES string of the molecule is CN(c1ccccc1)c1cc(N2CCNCC2)ncn1. The monoisotopic (exact) mass is 269 g/mol. The lowest BCUT2D eigenvalue weighted by molar-refractivity contribution is 0.584. The molecule has 1 aromatic heterocycles. The molecule has 5 heteroatoms. The Bertz CT molecular complexity index is 551. The van der Waals surface area contributed by atoms with Crippen LogP contribution in [0.4, 0.5) is 17.3 Å². The zero-order valence-electron chi connectivity index (χ0n) is 11.7. The lowest BCUT2D eigenvalue weighted by Gasteiger charge is -2.29. The Morgan fingerprint density at radius 1 is 1.10 bits per heavy atom. The van der Waals surface area contributed by atoms with Gasteiger partial charge in [-0.3, -0.25) is 0 Å². The van der Waals surface area contributed by atoms with Crippen molar-refractivity contribution in [1.29, 1.82) is 0 Å². The number of aromatic nitrogens is 2. The maximum absolute atomic E-state index is 4.40. The van der Waals surface area contributed by atoms with E-state index in [2.05, 4.69) is 43.3 Å². The maximum atomic E-state index is 4.40. The number of nitrogens with one attached hydrogen (secondary N) is 1. The Kier molecular flexibility index (Phi) is 3.78. The summed E-state index contributed by atoms with van der Waals surface area (Å²) in [5.74, 6) is 1.92. The Morgan fingerprint density at radius 2 is 1.85 bits per heavy atom. The van der Waals surface area contributed by atoms with Gasteiger partial charge in [0.15, 0.2) is 0 Å². The highest BCUT2D eigenvalue weighted by molar-refractivity contribution is 5.61. The van der Waals surface area contributed by atoms with Gasteiger partial charge in [0.2, 0.25) is 0 Å². The molecule has 0 bridgehead atoms. The lowest BCUT2D eigenvalue weighted by atomic mass is 10.3. The molecule has 1 fully saturated rings. The molecular formula is C15H19N5. The van der Waals surface area contributed by atoms with Crippen molar-refractivity contribution in [3.63, 3.8) is 0 Å². The molecule has 1 aliphatic rings. The zero-order chi connectivity index (χ0) is 13.8. The van der Waals surface area contributed by atoms with Gasteiger partial charge in [0.05, 0.1) is 0 Å². The first-order valence-corrected chi connectivity index (χ1v) is 6.91. The predicted molar refractivity (Wildman–Crippen MR) is 81.6 cm³/mol. The second-order valence-corrected chi connectivity index (χ2v) is 4.87. The quantitative estimate of drug-likeness (QED) is 0.918. The average molecular weight is 269 g/mol. The van der Waals surface area contributed by atoms with E-state index in [0.29, 0.717) is 0 Å². The first-order valence-electron chi connectivity index (χ1n) is 6.91. The van der Waals surface area contributed by atoms with E-state index in [1.165, 1.54) is 0 Å². The molecule has 104 valence electrons. The van der Waals surface area contributed by atoms with Crippen molar-refractivity contribution in [1.82, 2.24) is 15.3 Å². The summed E-state index contributed by atoms with van der Waals surface area (Å²) in [6.45, 7) is 4.00. The van der Waals surface area contributed by atoms with Crippen LogP contribution in [0.15, 0.2) is 42.7 Å². The van der Waals surface area contributed by atoms with Gasteiger partial charge in [0, 0.05) is 45.0 Å². The van der Waals surface area contributed by atoms with E-state index < -0.39 is 0 Å². The minimum atomic E-state index is 0.916. The molecule has 0 unspecified atom stereocenters. The van der Waals surface area contributed by atoms with Crippen LogP contribution in [0.25, 0.3) is 0 Å². The topological polar surface area (TPSA) is 44.3 Å². The molecule has 1 N–H and O–H groups in total. The van der Waals surface area contributed by atoms with E-state index in [9.17, 15) is 0 Å². The lowest BCUT2D eigenvalue weighted by Crippen LogP contribution is -2.43. The summed E-state index contributed by atoms with van der Waals surface area (Å²) >= 11 is 0. The smallest absolute Gasteiger partial charge is 0.138 e. The summed E-state index contributed by atoms with van der Waals surface area (Å²) in [4.78, 5) is 13.2. The van der Waals surface area contributed by atoms with Crippen LogP contribution in [-0.4, -0.2) is 43.2 Å². The van der Waals surface area contributed by atoms with Crippen molar-refractivity contribution in [2.75, 3.05) is 43.0 Å². The molecule has 0 radical (unpaired) electrons. The van der Waals surface area contributed by atoms with Crippen molar-refractivity contribution in [3.05, 3.63) is 42.7 Å². The zero-order valence-corrected chi connectivity index (χ0v) is 11.7. The van der Waals surface area contributed by atoms with E-state index in [0.717, 1.165) is 43.5 Å². The van der Waals surface area contributed by atoms with Gasteiger partial charge in [-0.1, -0.05) is 18.2 Å². The molecule has 1 aliphatic heterocycles. The van der Waals surface area contributed by atoms with Gasteiger partial charge in [-0.2, -0.15) is 0 Å². The molecule has 2 aromatic rings. The standard InChI is InChI=1S/C15H19N5/c1-19(13-5-3-2-4-6-13)14-11-15(18-12-17-14)20-9-7-16-8-10-20/h2-6,11-12,16H,7-10H2,1H3. The molecular weight excluding hydrogens is 250 g/mol. The van der Waals surface area contributed by atoms with Gasteiger partial charge in [0.25, 0.3) is 0 Å². The summed E-state index contributed by atoms with van der Waals surface area (Å²) in [6.07, 6.45) is 1.64. The second-order valence-electron chi connectivity index (χ2n) is 4.87. The van der Waals surface area contributed by atoms with Crippen LogP contribution < -0.4 is 15.1 Å². The number of hydrogen-bond donors (Lipinski definition) is 1. The van der Waals surface area contributed by atoms with Crippen molar-refractivity contribution >= 4 is 17.3 Å². The molecule has 2 heterocycles. The third-order valence-electron chi connectivity index (χ3n) is 3.57. The van der Waals surface area contributed by atoms with Gasteiger partial charge < -0.3 is 15.1 Å². The van der Waals surface area contributed by atoms with Crippen LogP contribution in [0.5, 0.6) is 0 Å². The fraction of sp³-hybridized carbons (Fsp3) is 0.333. The van der Waals surface area contributed by atoms with Crippen molar-refractivity contribution in [3.8, 4) is 0 Å². The average Bonchev–Trinajstić information content (AvgIpc) is 2.56. The summed E-state index contributed by atoms with van der Waals surface area (Å²) < 4.78 is 0. The van der Waals surface area contributed by atoms with E-state index in [4.69, 9.17) is 0 Å². The molecule has 0 aliphatic carbocycles. The highest BCUT2D eigenvalue weighted by Crippen LogP contribution is 2.23. The van der Waals surface area contributed by atoms with Gasteiger partial charge in [-0.05, 0) is 12.1 Å². The number of piperazine rings is 1. The molecule has 0 atom stereocenters. The fourth-order valence-corrected chi connectivity index (χ4v) is 2.37. The number of benzene rings is 1. The normalized spacial score (nSPS) is 15.2. The Balaban J connectivity index is 1.83. The molecule has 0 amide bonds. The molecule has 20 heavy (non-hydrogen) atoms. The van der Waals surface area contributed by atoms with Gasteiger partial charge >= 0.3 is 0 Å². The van der Waals surface area contributed by atoms with Crippen LogP contribution in [-0.2, 0) is 0 Å². The van der Waals surface area contributed by atoms with Gasteiger partial charge in [-0.15, -0.1) is 0 Å². The van der Waals surface area contributed by atoms with Crippen LogP contribution in [0.2, 0.25) is 0 Å². The molecule has 5 nitrogen and oxygen atoms in total. The Morgan fingerprint density at radius 3 is 2.60 bits per heavy atom. The Labute approximate surface area is 119 Å². The third-order valence-corrected chi connectivity index (χ3v) is 3.57. The van der Waals surface area contributed by atoms with E-state index in [1.54, 1.807) is 6.33 Å². The highest BCUT2D eigenvalue weighted by Gasteiger charge is 2.13. The number of para-hydroxylation sites is 1. The molecule has 0 spiro atoms. The van der Waals surface area contributed by atoms with Crippen LogP contribution in [0.3, 0.4) is 0 Å². The molecule has 0 saturated carbocycles. The number of hydrogen-bond acceptors (Lipinski definition) is 5. The summed E-state index contributed by atoms with van der Waals surface area (Å²) in [5.41, 5.74) is 1.12. The number of anilines is 3. The van der Waals surface area contributed by atoms with Crippen LogP contribution in [0.1, 0.15) is 0 Å². The fourth-order valence-electron chi connectivity index (χ4n) is 2.37. The van der Waals surface area contributed by atoms with E-state index >= 15 is 0 Å². The molecule has 1 saturated heterocycles. The predicted octanol–water partition coefficient (Wildman–Crippen LogP) is 1.65.